The van der Waals surface area contributed by atoms with Gasteiger partial charge in [-0.1, -0.05) is 26.7 Å². The minimum atomic E-state index is 0.671. The van der Waals surface area contributed by atoms with Crippen LogP contribution in [0.1, 0.15) is 39.5 Å². The van der Waals surface area contributed by atoms with Crippen molar-refractivity contribution in [3.8, 4) is 0 Å². The molecule has 2 heteroatoms. The van der Waals surface area contributed by atoms with Crippen molar-refractivity contribution in [3.05, 3.63) is 0 Å². The zero-order chi connectivity index (χ0) is 9.73. The second-order valence-electron chi connectivity index (χ2n) is 4.26. The maximum atomic E-state index is 5.00. The molecule has 1 saturated carbocycles. The van der Waals surface area contributed by atoms with Gasteiger partial charge in [-0.2, -0.15) is 0 Å². The Hall–Kier alpha value is -0.0800. The van der Waals surface area contributed by atoms with Crippen LogP contribution < -0.4 is 5.32 Å². The van der Waals surface area contributed by atoms with E-state index in [0.717, 1.165) is 19.2 Å². The van der Waals surface area contributed by atoms with Gasteiger partial charge in [0, 0.05) is 19.7 Å². The number of methoxy groups -OCH3 is 1. The number of nitrogens with one attached hydrogen (secondary N) is 1. The Morgan fingerprint density at radius 3 is 2.38 bits per heavy atom. The highest BCUT2D eigenvalue weighted by molar-refractivity contribution is 4.95. The van der Waals surface area contributed by atoms with Crippen LogP contribution >= 0.6 is 0 Å². The van der Waals surface area contributed by atoms with Crippen LogP contribution in [0.4, 0.5) is 0 Å². The van der Waals surface area contributed by atoms with Gasteiger partial charge >= 0.3 is 0 Å². The maximum Gasteiger partial charge on any atom is 0.0587 e. The molecular formula is C11H23NO. The molecule has 13 heavy (non-hydrogen) atoms. The molecule has 2 nitrogen and oxygen atoms in total. The van der Waals surface area contributed by atoms with Crippen LogP contribution in [0.15, 0.2) is 0 Å². The molecule has 78 valence electrons. The van der Waals surface area contributed by atoms with Crippen LogP contribution in [0.25, 0.3) is 0 Å². The van der Waals surface area contributed by atoms with Crippen LogP contribution in [-0.2, 0) is 4.74 Å². The summed E-state index contributed by atoms with van der Waals surface area (Å²) < 4.78 is 5.00. The van der Waals surface area contributed by atoms with Crippen LogP contribution in [0.2, 0.25) is 0 Å². The third-order valence-corrected chi connectivity index (χ3v) is 3.60. The molecule has 0 spiro atoms. The van der Waals surface area contributed by atoms with Gasteiger partial charge in [0.05, 0.1) is 6.61 Å². The predicted molar refractivity (Wildman–Crippen MR) is 55.9 cm³/mol. The van der Waals surface area contributed by atoms with Crippen molar-refractivity contribution in [2.75, 3.05) is 20.3 Å². The van der Waals surface area contributed by atoms with Crippen LogP contribution in [0.5, 0.6) is 0 Å². The average molecular weight is 185 g/mol. The molecule has 1 N–H and O–H groups in total. The maximum absolute atomic E-state index is 5.00. The Balaban J connectivity index is 2.09. The van der Waals surface area contributed by atoms with Crippen molar-refractivity contribution >= 4 is 0 Å². The molecule has 0 heterocycles. The fourth-order valence-electron chi connectivity index (χ4n) is 2.32. The summed E-state index contributed by atoms with van der Waals surface area (Å²) in [5.41, 5.74) is 0.671. The zero-order valence-electron chi connectivity index (χ0n) is 9.23. The molecular weight excluding hydrogens is 162 g/mol. The quantitative estimate of drug-likeness (QED) is 0.640. The largest absolute Gasteiger partial charge is 0.383 e. The molecule has 1 aliphatic rings. The van der Waals surface area contributed by atoms with Gasteiger partial charge in [0.15, 0.2) is 0 Å². The van der Waals surface area contributed by atoms with E-state index >= 15 is 0 Å². The van der Waals surface area contributed by atoms with Gasteiger partial charge in [-0.05, 0) is 18.3 Å². The lowest BCUT2D eigenvalue weighted by Crippen LogP contribution is -2.49. The summed E-state index contributed by atoms with van der Waals surface area (Å²) >= 11 is 0. The van der Waals surface area contributed by atoms with E-state index in [-0.39, 0.29) is 0 Å². The van der Waals surface area contributed by atoms with Gasteiger partial charge in [0.2, 0.25) is 0 Å². The molecule has 1 rings (SSSR count). The summed E-state index contributed by atoms with van der Waals surface area (Å²) in [6.07, 6.45) is 5.41. The molecule has 0 unspecified atom stereocenters. The second kappa shape index (κ2) is 4.97. The van der Waals surface area contributed by atoms with Gasteiger partial charge < -0.3 is 10.1 Å². The summed E-state index contributed by atoms with van der Waals surface area (Å²) in [4.78, 5) is 0. The molecule has 1 aliphatic carbocycles. The number of ether oxygens (including phenoxy) is 1. The average Bonchev–Trinajstić information content (AvgIpc) is 2.10. The van der Waals surface area contributed by atoms with Gasteiger partial charge in [-0.3, -0.25) is 0 Å². The molecule has 0 saturated heterocycles. The topological polar surface area (TPSA) is 21.3 Å². The number of hydrogen-bond acceptors (Lipinski definition) is 2. The van der Waals surface area contributed by atoms with Crippen LogP contribution in [0, 0.1) is 5.41 Å². The van der Waals surface area contributed by atoms with E-state index in [1.165, 1.54) is 25.7 Å². The number of hydrogen-bond donors (Lipinski definition) is 1. The van der Waals surface area contributed by atoms with Crippen molar-refractivity contribution in [3.63, 3.8) is 0 Å². The molecule has 0 bridgehead atoms. The van der Waals surface area contributed by atoms with Gasteiger partial charge in [-0.25, -0.2) is 0 Å². The zero-order valence-corrected chi connectivity index (χ0v) is 9.23. The van der Waals surface area contributed by atoms with Crippen molar-refractivity contribution in [1.29, 1.82) is 0 Å². The van der Waals surface area contributed by atoms with Crippen molar-refractivity contribution in [2.45, 2.75) is 45.6 Å². The van der Waals surface area contributed by atoms with E-state index in [1.54, 1.807) is 7.11 Å². The fraction of sp³-hybridized carbons (Fsp3) is 1.00. The highest BCUT2D eigenvalue weighted by Crippen LogP contribution is 2.46. The number of rotatable bonds is 6. The van der Waals surface area contributed by atoms with Crippen molar-refractivity contribution < 1.29 is 4.74 Å². The molecule has 0 aromatic heterocycles. The van der Waals surface area contributed by atoms with Gasteiger partial charge in [-0.15, -0.1) is 0 Å². The Morgan fingerprint density at radius 2 is 1.92 bits per heavy atom. The predicted octanol–water partition coefficient (Wildman–Crippen LogP) is 2.19. The Kier molecular flexibility index (Phi) is 4.20. The SMILES string of the molecule is CCC1(CC)CC(NCCOC)C1. The lowest BCUT2D eigenvalue weighted by Gasteiger charge is -2.47. The second-order valence-corrected chi connectivity index (χ2v) is 4.26. The van der Waals surface area contributed by atoms with E-state index in [2.05, 4.69) is 19.2 Å². The van der Waals surface area contributed by atoms with Crippen LogP contribution in [0.3, 0.4) is 0 Å². The first kappa shape index (κ1) is 11.0. The smallest absolute Gasteiger partial charge is 0.0587 e. The Bertz CT molecular complexity index is 135. The molecule has 0 aromatic rings. The first-order chi connectivity index (χ1) is 6.26. The summed E-state index contributed by atoms with van der Waals surface area (Å²) in [5, 5.41) is 3.52. The molecule has 0 atom stereocenters. The third-order valence-electron chi connectivity index (χ3n) is 3.60. The first-order valence-electron chi connectivity index (χ1n) is 5.48. The molecule has 1 fully saturated rings. The van der Waals surface area contributed by atoms with E-state index in [0.29, 0.717) is 5.41 Å². The van der Waals surface area contributed by atoms with Crippen molar-refractivity contribution in [1.82, 2.24) is 5.32 Å². The van der Waals surface area contributed by atoms with Gasteiger partial charge in [0.1, 0.15) is 0 Å². The fourth-order valence-corrected chi connectivity index (χ4v) is 2.32. The third kappa shape index (κ3) is 2.68. The lowest BCUT2D eigenvalue weighted by atomic mass is 9.62. The molecule has 0 radical (unpaired) electrons. The lowest BCUT2D eigenvalue weighted by molar-refractivity contribution is 0.0671. The molecule has 0 aliphatic heterocycles. The Morgan fingerprint density at radius 1 is 1.31 bits per heavy atom. The van der Waals surface area contributed by atoms with E-state index in [1.807, 2.05) is 0 Å². The van der Waals surface area contributed by atoms with E-state index in [9.17, 15) is 0 Å². The van der Waals surface area contributed by atoms with Gasteiger partial charge in [0.25, 0.3) is 0 Å². The minimum absolute atomic E-state index is 0.671. The highest BCUT2D eigenvalue weighted by Gasteiger charge is 2.40. The van der Waals surface area contributed by atoms with Crippen molar-refractivity contribution in [2.24, 2.45) is 5.41 Å². The van der Waals surface area contributed by atoms with E-state index in [4.69, 9.17) is 4.74 Å². The standard InChI is InChI=1S/C11H23NO/c1-4-11(5-2)8-10(9-11)12-6-7-13-3/h10,12H,4-9H2,1-3H3. The normalized spacial score (nSPS) is 21.5. The van der Waals surface area contributed by atoms with E-state index < -0.39 is 0 Å². The Labute approximate surface area is 82.0 Å². The summed E-state index contributed by atoms with van der Waals surface area (Å²) in [5.74, 6) is 0. The van der Waals surface area contributed by atoms with Crippen LogP contribution in [-0.4, -0.2) is 26.3 Å². The molecule has 0 amide bonds. The summed E-state index contributed by atoms with van der Waals surface area (Å²) in [7, 11) is 1.75. The monoisotopic (exact) mass is 185 g/mol. The highest BCUT2D eigenvalue weighted by atomic mass is 16.5. The minimum Gasteiger partial charge on any atom is -0.383 e. The summed E-state index contributed by atoms with van der Waals surface area (Å²) in [6, 6.07) is 0.759. The summed E-state index contributed by atoms with van der Waals surface area (Å²) in [6.45, 7) is 6.47. The molecule has 0 aromatic carbocycles. The first-order valence-corrected chi connectivity index (χ1v) is 5.48.